The van der Waals surface area contributed by atoms with Gasteiger partial charge >= 0.3 is 5.97 Å². The zero-order valence-corrected chi connectivity index (χ0v) is 14.3. The van der Waals surface area contributed by atoms with Crippen molar-refractivity contribution in [2.75, 3.05) is 5.32 Å². The summed E-state index contributed by atoms with van der Waals surface area (Å²) >= 11 is 3.02. The molecule has 0 radical (unpaired) electrons. The van der Waals surface area contributed by atoms with Crippen LogP contribution in [0.25, 0.3) is 0 Å². The molecule has 0 aliphatic rings. The van der Waals surface area contributed by atoms with Crippen molar-refractivity contribution >= 4 is 33.5 Å². The number of nitrogens with one attached hydrogen (secondary N) is 1. The van der Waals surface area contributed by atoms with Gasteiger partial charge in [0.1, 0.15) is 12.4 Å². The minimum Gasteiger partial charge on any atom is -0.461 e. The van der Waals surface area contributed by atoms with Crippen molar-refractivity contribution in [3.05, 3.63) is 64.4 Å². The molecule has 0 aromatic heterocycles. The largest absolute Gasteiger partial charge is 0.461 e. The molecule has 7 heteroatoms. The van der Waals surface area contributed by atoms with Gasteiger partial charge in [0.15, 0.2) is 0 Å². The quantitative estimate of drug-likeness (QED) is 0.737. The second kappa shape index (κ2) is 8.56. The average molecular weight is 395 g/mol. The number of amides is 1. The van der Waals surface area contributed by atoms with Crippen molar-refractivity contribution in [2.24, 2.45) is 5.73 Å². The van der Waals surface area contributed by atoms with Crippen molar-refractivity contribution in [1.82, 2.24) is 0 Å². The molecule has 1 amide bonds. The summed E-state index contributed by atoms with van der Waals surface area (Å²) in [4.78, 5) is 23.7. The normalized spacial score (nSPS) is 11.6. The summed E-state index contributed by atoms with van der Waals surface area (Å²) in [6.07, 6.45) is -0.249. The smallest absolute Gasteiger partial charge is 0.308 e. The maximum absolute atomic E-state index is 13.1. The first-order valence-electron chi connectivity index (χ1n) is 7.17. The highest BCUT2D eigenvalue weighted by molar-refractivity contribution is 9.10. The van der Waals surface area contributed by atoms with E-state index in [1.807, 2.05) is 30.3 Å². The van der Waals surface area contributed by atoms with E-state index < -0.39 is 23.7 Å². The number of esters is 1. The Kier molecular flexibility index (Phi) is 6.45. The predicted octanol–water partition coefficient (Wildman–Crippen LogP) is 2.99. The van der Waals surface area contributed by atoms with Crippen LogP contribution in [0.2, 0.25) is 0 Å². The second-order valence-electron chi connectivity index (χ2n) is 5.08. The third-order valence-electron chi connectivity index (χ3n) is 3.15. The Balaban J connectivity index is 1.82. The van der Waals surface area contributed by atoms with Crippen LogP contribution in [0, 0.1) is 5.82 Å². The van der Waals surface area contributed by atoms with E-state index >= 15 is 0 Å². The number of halogens is 2. The molecule has 5 nitrogen and oxygen atoms in total. The zero-order chi connectivity index (χ0) is 17.5. The molecule has 0 heterocycles. The molecule has 0 unspecified atom stereocenters. The number of anilines is 1. The number of nitrogens with two attached hydrogens (primary N) is 1. The van der Waals surface area contributed by atoms with Crippen LogP contribution >= 0.6 is 15.9 Å². The summed E-state index contributed by atoms with van der Waals surface area (Å²) in [6.45, 7) is 0.124. The van der Waals surface area contributed by atoms with Crippen LogP contribution in [0.3, 0.4) is 0 Å². The molecule has 0 saturated carbocycles. The van der Waals surface area contributed by atoms with E-state index in [4.69, 9.17) is 10.5 Å². The van der Waals surface area contributed by atoms with Gasteiger partial charge < -0.3 is 15.8 Å². The van der Waals surface area contributed by atoms with Crippen LogP contribution in [0.5, 0.6) is 0 Å². The average Bonchev–Trinajstić information content (AvgIpc) is 2.57. The van der Waals surface area contributed by atoms with Crippen LogP contribution in [0.1, 0.15) is 12.0 Å². The highest BCUT2D eigenvalue weighted by Crippen LogP contribution is 2.20. The monoisotopic (exact) mass is 394 g/mol. The fourth-order valence-corrected chi connectivity index (χ4v) is 2.26. The summed E-state index contributed by atoms with van der Waals surface area (Å²) in [5.41, 5.74) is 6.93. The third-order valence-corrected chi connectivity index (χ3v) is 3.76. The molecule has 2 aromatic carbocycles. The number of carbonyl (C=O) groups excluding carboxylic acids is 2. The summed E-state index contributed by atoms with van der Waals surface area (Å²) in [7, 11) is 0. The highest BCUT2D eigenvalue weighted by Gasteiger charge is 2.19. The van der Waals surface area contributed by atoms with Gasteiger partial charge in [-0.25, -0.2) is 4.39 Å². The lowest BCUT2D eigenvalue weighted by atomic mass is 10.2. The van der Waals surface area contributed by atoms with Crippen LogP contribution < -0.4 is 11.1 Å². The van der Waals surface area contributed by atoms with Gasteiger partial charge in [-0.15, -0.1) is 0 Å². The topological polar surface area (TPSA) is 81.4 Å². The number of rotatable bonds is 6. The Morgan fingerprint density at radius 3 is 2.58 bits per heavy atom. The molecule has 0 aliphatic heterocycles. The summed E-state index contributed by atoms with van der Waals surface area (Å²) in [6, 6.07) is 12.1. The van der Waals surface area contributed by atoms with Gasteiger partial charge in [0.05, 0.1) is 16.9 Å². The Morgan fingerprint density at radius 1 is 1.21 bits per heavy atom. The minimum absolute atomic E-state index is 0.124. The second-order valence-corrected chi connectivity index (χ2v) is 5.93. The van der Waals surface area contributed by atoms with Crippen LogP contribution in [0.15, 0.2) is 53.0 Å². The number of carbonyl (C=O) groups is 2. The molecule has 1 atom stereocenters. The lowest BCUT2D eigenvalue weighted by Gasteiger charge is -2.12. The van der Waals surface area contributed by atoms with Crippen molar-refractivity contribution in [3.8, 4) is 0 Å². The van der Waals surface area contributed by atoms with Gasteiger partial charge in [-0.1, -0.05) is 30.3 Å². The zero-order valence-electron chi connectivity index (χ0n) is 12.7. The molecule has 24 heavy (non-hydrogen) atoms. The molecule has 0 saturated heterocycles. The Hall–Kier alpha value is -2.25. The van der Waals surface area contributed by atoms with Gasteiger partial charge in [-0.05, 0) is 39.7 Å². The molecule has 0 aliphatic carbocycles. The molecule has 0 spiro atoms. The fraction of sp³-hybridized carbons (Fsp3) is 0.176. The summed E-state index contributed by atoms with van der Waals surface area (Å²) < 4.78 is 18.4. The Bertz CT molecular complexity index is 725. The van der Waals surface area contributed by atoms with Crippen LogP contribution in [-0.2, 0) is 20.9 Å². The van der Waals surface area contributed by atoms with E-state index in [9.17, 15) is 14.0 Å². The van der Waals surface area contributed by atoms with E-state index in [1.54, 1.807) is 0 Å². The van der Waals surface area contributed by atoms with Gasteiger partial charge in [0.2, 0.25) is 5.91 Å². The first kappa shape index (κ1) is 18.1. The van der Waals surface area contributed by atoms with Gasteiger partial charge in [0.25, 0.3) is 0 Å². The highest BCUT2D eigenvalue weighted by atomic mass is 79.9. The van der Waals surface area contributed by atoms with Gasteiger partial charge in [-0.3, -0.25) is 9.59 Å². The number of ether oxygens (including phenoxy) is 1. The number of benzene rings is 2. The maximum atomic E-state index is 13.1. The first-order chi connectivity index (χ1) is 11.5. The molecular weight excluding hydrogens is 379 g/mol. The molecular formula is C17H16BrFN2O3. The summed E-state index contributed by atoms with van der Waals surface area (Å²) in [5.74, 6) is -1.56. The van der Waals surface area contributed by atoms with E-state index in [0.29, 0.717) is 5.69 Å². The molecule has 2 aromatic rings. The Labute approximate surface area is 147 Å². The molecule has 3 N–H and O–H groups in total. The Morgan fingerprint density at radius 2 is 1.92 bits per heavy atom. The SMILES string of the molecule is N[C@@H](CC(=O)OCc1ccccc1)C(=O)Nc1ccc(F)c(Br)c1. The van der Waals surface area contributed by atoms with E-state index in [0.717, 1.165) is 5.56 Å². The van der Waals surface area contributed by atoms with Crippen LogP contribution in [-0.4, -0.2) is 17.9 Å². The molecule has 0 fully saturated rings. The lowest BCUT2D eigenvalue weighted by Crippen LogP contribution is -2.37. The third kappa shape index (κ3) is 5.43. The van der Waals surface area contributed by atoms with E-state index in [2.05, 4.69) is 21.2 Å². The minimum atomic E-state index is -1.06. The number of hydrogen-bond donors (Lipinski definition) is 2. The predicted molar refractivity (Wildman–Crippen MR) is 91.6 cm³/mol. The number of hydrogen-bond acceptors (Lipinski definition) is 4. The van der Waals surface area contributed by atoms with E-state index in [1.165, 1.54) is 18.2 Å². The maximum Gasteiger partial charge on any atom is 0.308 e. The van der Waals surface area contributed by atoms with Crippen molar-refractivity contribution < 1.29 is 18.7 Å². The van der Waals surface area contributed by atoms with Gasteiger partial charge in [-0.2, -0.15) is 0 Å². The van der Waals surface area contributed by atoms with Crippen molar-refractivity contribution in [1.29, 1.82) is 0 Å². The fourth-order valence-electron chi connectivity index (χ4n) is 1.88. The standard InChI is InChI=1S/C17H16BrFN2O3/c18-13-8-12(6-7-14(13)19)21-17(23)15(20)9-16(22)24-10-11-4-2-1-3-5-11/h1-8,15H,9-10,20H2,(H,21,23)/t15-/m0/s1. The molecule has 2 rings (SSSR count). The van der Waals surface area contributed by atoms with Gasteiger partial charge in [0, 0.05) is 5.69 Å². The van der Waals surface area contributed by atoms with Crippen molar-refractivity contribution in [2.45, 2.75) is 19.1 Å². The molecule has 0 bridgehead atoms. The van der Waals surface area contributed by atoms with Crippen LogP contribution in [0.4, 0.5) is 10.1 Å². The van der Waals surface area contributed by atoms with Crippen molar-refractivity contribution in [3.63, 3.8) is 0 Å². The van der Waals surface area contributed by atoms with E-state index in [-0.39, 0.29) is 17.5 Å². The first-order valence-corrected chi connectivity index (χ1v) is 7.96. The lowest BCUT2D eigenvalue weighted by molar-refractivity contribution is -0.146. The summed E-state index contributed by atoms with van der Waals surface area (Å²) in [5, 5.41) is 2.52. The molecule has 126 valence electrons.